The molecule has 0 aliphatic rings. The quantitative estimate of drug-likeness (QED) is 0.225. The third-order valence-corrected chi connectivity index (χ3v) is 6.11. The highest BCUT2D eigenvalue weighted by atomic mass is 32.2. The Labute approximate surface area is 175 Å². The van der Waals surface area contributed by atoms with Gasteiger partial charge in [0.2, 0.25) is 5.91 Å². The van der Waals surface area contributed by atoms with E-state index < -0.39 is 0 Å². The van der Waals surface area contributed by atoms with Crippen LogP contribution < -0.4 is 11.1 Å². The van der Waals surface area contributed by atoms with Crippen molar-refractivity contribution in [3.05, 3.63) is 35.4 Å². The number of nitrogens with two attached hydrogens (primary N) is 1. The number of hydrogen-bond acceptors (Lipinski definition) is 3. The van der Waals surface area contributed by atoms with Gasteiger partial charge in [0, 0.05) is 24.1 Å². The molecule has 0 aliphatic heterocycles. The number of benzene rings is 1. The largest absolute Gasteiger partial charge is 0.379 e. The van der Waals surface area contributed by atoms with Gasteiger partial charge in [0.25, 0.3) is 0 Å². The zero-order chi connectivity index (χ0) is 21.4. The van der Waals surface area contributed by atoms with Gasteiger partial charge < -0.3 is 15.5 Å². The van der Waals surface area contributed by atoms with Crippen LogP contribution >= 0.6 is 11.8 Å². The van der Waals surface area contributed by atoms with Gasteiger partial charge in [-0.3, -0.25) is 10.2 Å². The Balaban J connectivity index is 2.63. The Bertz CT molecular complexity index is 639. The van der Waals surface area contributed by atoms with Gasteiger partial charge in [-0.05, 0) is 29.9 Å². The van der Waals surface area contributed by atoms with Crippen molar-refractivity contribution in [2.45, 2.75) is 51.7 Å². The average Bonchev–Trinajstić information content (AvgIpc) is 2.62. The molecular formula is C22H39N4OS+. The first-order valence-electron chi connectivity index (χ1n) is 10.1. The summed E-state index contributed by atoms with van der Waals surface area (Å²) >= 11 is 1.33. The first-order chi connectivity index (χ1) is 13.0. The molecule has 0 spiro atoms. The summed E-state index contributed by atoms with van der Waals surface area (Å²) < 4.78 is 0.916. The average molecular weight is 408 g/mol. The van der Waals surface area contributed by atoms with Crippen LogP contribution in [0.4, 0.5) is 0 Å². The van der Waals surface area contributed by atoms with Crippen molar-refractivity contribution in [1.82, 2.24) is 5.32 Å². The Kier molecular flexibility index (Phi) is 9.51. The normalized spacial score (nSPS) is 14.9. The summed E-state index contributed by atoms with van der Waals surface area (Å²) in [5.41, 5.74) is 7.44. The SMILES string of the molecule is CCC(C)(CC(C)c1ccc(CSC(=N)N)cc1)C(=O)NCCC[N+](C)(C)C. The summed E-state index contributed by atoms with van der Waals surface area (Å²) in [6.07, 6.45) is 2.64. The molecular weight excluding hydrogens is 368 g/mol. The van der Waals surface area contributed by atoms with Crippen molar-refractivity contribution < 1.29 is 9.28 Å². The Morgan fingerprint density at radius 3 is 2.39 bits per heavy atom. The summed E-state index contributed by atoms with van der Waals surface area (Å²) in [5.74, 6) is 1.18. The Morgan fingerprint density at radius 2 is 1.89 bits per heavy atom. The van der Waals surface area contributed by atoms with E-state index in [0.29, 0.717) is 11.7 Å². The Morgan fingerprint density at radius 1 is 1.29 bits per heavy atom. The fourth-order valence-electron chi connectivity index (χ4n) is 3.26. The molecule has 0 aromatic heterocycles. The highest BCUT2D eigenvalue weighted by molar-refractivity contribution is 8.13. The number of nitrogens with zero attached hydrogens (tertiary/aromatic N) is 1. The summed E-state index contributed by atoms with van der Waals surface area (Å²) in [7, 11) is 6.51. The Hall–Kier alpha value is -1.53. The fraction of sp³-hybridized carbons (Fsp3) is 0.636. The number of thioether (sulfide) groups is 1. The van der Waals surface area contributed by atoms with Crippen molar-refractivity contribution >= 4 is 22.8 Å². The molecule has 1 rings (SSSR count). The summed E-state index contributed by atoms with van der Waals surface area (Å²) in [6, 6.07) is 8.46. The molecule has 2 atom stereocenters. The standard InChI is InChI=1S/C22H38N4OS/c1-7-22(3,20(27)25-13-8-14-26(4,5)6)15-17(2)19-11-9-18(10-12-19)16-28-21(23)24/h9-12,17H,7-8,13-16H2,1-6H3,(H3-,23,24,25,27)/p+1. The van der Waals surface area contributed by atoms with Crippen molar-refractivity contribution in [1.29, 1.82) is 5.41 Å². The van der Waals surface area contributed by atoms with Crippen LogP contribution in [0.3, 0.4) is 0 Å². The van der Waals surface area contributed by atoms with Gasteiger partial charge >= 0.3 is 0 Å². The van der Waals surface area contributed by atoms with Crippen LogP contribution in [0.25, 0.3) is 0 Å². The zero-order valence-corrected chi connectivity index (χ0v) is 19.3. The number of amides is 1. The lowest BCUT2D eigenvalue weighted by atomic mass is 9.76. The number of amidine groups is 1. The first kappa shape index (κ1) is 24.5. The van der Waals surface area contributed by atoms with E-state index in [9.17, 15) is 4.79 Å². The molecule has 6 heteroatoms. The molecule has 1 aromatic rings. The molecule has 0 saturated carbocycles. The molecule has 4 N–H and O–H groups in total. The van der Waals surface area contributed by atoms with E-state index in [1.165, 1.54) is 17.3 Å². The second kappa shape index (κ2) is 10.9. The molecule has 28 heavy (non-hydrogen) atoms. The minimum Gasteiger partial charge on any atom is -0.379 e. The van der Waals surface area contributed by atoms with E-state index in [2.05, 4.69) is 71.5 Å². The molecule has 1 amide bonds. The molecule has 1 aromatic carbocycles. The van der Waals surface area contributed by atoms with Crippen LogP contribution in [0, 0.1) is 10.8 Å². The summed E-state index contributed by atoms with van der Waals surface area (Å²) in [6.45, 7) is 8.16. The number of carbonyl (C=O) groups excluding carboxylic acids is 1. The maximum absolute atomic E-state index is 12.8. The van der Waals surface area contributed by atoms with E-state index in [-0.39, 0.29) is 16.5 Å². The summed E-state index contributed by atoms with van der Waals surface area (Å²) in [4.78, 5) is 12.8. The minimum absolute atomic E-state index is 0.142. The van der Waals surface area contributed by atoms with Crippen molar-refractivity contribution in [2.24, 2.45) is 11.1 Å². The smallest absolute Gasteiger partial charge is 0.225 e. The maximum Gasteiger partial charge on any atom is 0.225 e. The highest BCUT2D eigenvalue weighted by Gasteiger charge is 2.33. The van der Waals surface area contributed by atoms with Gasteiger partial charge in [-0.15, -0.1) is 0 Å². The van der Waals surface area contributed by atoms with E-state index in [1.807, 2.05) is 0 Å². The van der Waals surface area contributed by atoms with Crippen molar-refractivity contribution in [3.8, 4) is 0 Å². The van der Waals surface area contributed by atoms with Gasteiger partial charge in [-0.1, -0.05) is 56.8 Å². The molecule has 0 heterocycles. The fourth-order valence-corrected chi connectivity index (χ4v) is 3.78. The molecule has 0 bridgehead atoms. The van der Waals surface area contributed by atoms with Crippen LogP contribution in [0.15, 0.2) is 24.3 Å². The lowest BCUT2D eigenvalue weighted by molar-refractivity contribution is -0.870. The molecule has 0 saturated heterocycles. The molecule has 0 fully saturated rings. The molecule has 0 radical (unpaired) electrons. The highest BCUT2D eigenvalue weighted by Crippen LogP contribution is 2.35. The van der Waals surface area contributed by atoms with Gasteiger partial charge in [-0.25, -0.2) is 0 Å². The minimum atomic E-state index is -0.362. The number of nitrogens with one attached hydrogen (secondary N) is 2. The number of rotatable bonds is 11. The van der Waals surface area contributed by atoms with E-state index >= 15 is 0 Å². The van der Waals surface area contributed by atoms with Crippen LogP contribution in [-0.2, 0) is 10.5 Å². The monoisotopic (exact) mass is 407 g/mol. The van der Waals surface area contributed by atoms with Crippen LogP contribution in [0.1, 0.15) is 57.1 Å². The molecule has 5 nitrogen and oxygen atoms in total. The van der Waals surface area contributed by atoms with Crippen molar-refractivity contribution in [3.63, 3.8) is 0 Å². The predicted molar refractivity (Wildman–Crippen MR) is 122 cm³/mol. The topological polar surface area (TPSA) is 79.0 Å². The third-order valence-electron chi connectivity index (χ3n) is 5.32. The number of quaternary nitrogens is 1. The van der Waals surface area contributed by atoms with E-state index in [1.54, 1.807) is 0 Å². The number of hydrogen-bond donors (Lipinski definition) is 3. The van der Waals surface area contributed by atoms with Gasteiger partial charge in [-0.2, -0.15) is 0 Å². The molecule has 2 unspecified atom stereocenters. The van der Waals surface area contributed by atoms with Crippen LogP contribution in [0.5, 0.6) is 0 Å². The van der Waals surface area contributed by atoms with Crippen molar-refractivity contribution in [2.75, 3.05) is 34.2 Å². The van der Waals surface area contributed by atoms with Gasteiger partial charge in [0.05, 0.1) is 27.7 Å². The van der Waals surface area contributed by atoms with E-state index in [4.69, 9.17) is 11.1 Å². The predicted octanol–water partition coefficient (Wildman–Crippen LogP) is 3.94. The molecule has 158 valence electrons. The van der Waals surface area contributed by atoms with Crippen LogP contribution in [0.2, 0.25) is 0 Å². The third kappa shape index (κ3) is 8.65. The second-order valence-electron chi connectivity index (χ2n) is 9.04. The molecule has 0 aliphatic carbocycles. The lowest BCUT2D eigenvalue weighted by Gasteiger charge is -2.30. The lowest BCUT2D eigenvalue weighted by Crippen LogP contribution is -2.42. The number of carbonyl (C=O) groups is 1. The zero-order valence-electron chi connectivity index (χ0n) is 18.5. The van der Waals surface area contributed by atoms with Crippen LogP contribution in [-0.4, -0.2) is 49.8 Å². The van der Waals surface area contributed by atoms with E-state index in [0.717, 1.165) is 42.4 Å². The first-order valence-corrected chi connectivity index (χ1v) is 11.1. The van der Waals surface area contributed by atoms with Gasteiger partial charge in [0.15, 0.2) is 5.17 Å². The van der Waals surface area contributed by atoms with Gasteiger partial charge in [0.1, 0.15) is 0 Å². The summed E-state index contributed by atoms with van der Waals surface area (Å²) in [5, 5.41) is 10.6. The second-order valence-corrected chi connectivity index (χ2v) is 10.1. The maximum atomic E-state index is 12.8.